The normalized spacial score (nSPS) is 14.4. The highest BCUT2D eigenvalue weighted by molar-refractivity contribution is 5.93. The van der Waals surface area contributed by atoms with Crippen LogP contribution in [0.2, 0.25) is 0 Å². The lowest BCUT2D eigenvalue weighted by atomic mass is 10.1. The Hall–Kier alpha value is -2.43. The summed E-state index contributed by atoms with van der Waals surface area (Å²) in [5, 5.41) is 7.60. The van der Waals surface area contributed by atoms with Gasteiger partial charge in [0.05, 0.1) is 0 Å². The monoisotopic (exact) mass is 281 g/mol. The minimum absolute atomic E-state index is 0.0233. The number of benzene rings is 1. The third-order valence-electron chi connectivity index (χ3n) is 3.72. The summed E-state index contributed by atoms with van der Waals surface area (Å²) in [6, 6.07) is 10.1. The molecule has 0 unspecified atom stereocenters. The van der Waals surface area contributed by atoms with Crippen LogP contribution in [0.1, 0.15) is 29.8 Å². The average molecular weight is 281 g/mol. The van der Waals surface area contributed by atoms with Crippen molar-refractivity contribution in [3.63, 3.8) is 0 Å². The van der Waals surface area contributed by atoms with Crippen LogP contribution in [0.3, 0.4) is 0 Å². The average Bonchev–Trinajstić information content (AvgIpc) is 2.69. The van der Waals surface area contributed by atoms with Crippen molar-refractivity contribution in [3.8, 4) is 0 Å². The van der Waals surface area contributed by atoms with Crippen molar-refractivity contribution in [1.29, 1.82) is 5.41 Å². The van der Waals surface area contributed by atoms with Crippen LogP contribution < -0.4 is 10.6 Å². The van der Waals surface area contributed by atoms with E-state index in [-0.39, 0.29) is 5.84 Å². The minimum Gasteiger partial charge on any atom is -0.382 e. The van der Waals surface area contributed by atoms with Crippen molar-refractivity contribution in [1.82, 2.24) is 9.97 Å². The molecule has 1 aromatic carbocycles. The van der Waals surface area contributed by atoms with Crippen LogP contribution in [-0.4, -0.2) is 22.3 Å². The molecule has 5 nitrogen and oxygen atoms in total. The Morgan fingerprint density at radius 3 is 2.86 bits per heavy atom. The molecule has 1 aromatic heterocycles. The lowest BCUT2D eigenvalue weighted by Gasteiger charge is -2.23. The number of amidine groups is 1. The van der Waals surface area contributed by atoms with Gasteiger partial charge in [0, 0.05) is 17.9 Å². The number of hydrogen-bond donors (Lipinski definition) is 2. The van der Waals surface area contributed by atoms with Gasteiger partial charge in [0.2, 0.25) is 5.95 Å². The topological polar surface area (TPSA) is 78.9 Å². The van der Waals surface area contributed by atoms with Crippen molar-refractivity contribution in [2.45, 2.75) is 26.2 Å². The summed E-state index contributed by atoms with van der Waals surface area (Å²) in [5.74, 6) is 0.611. The molecule has 5 heteroatoms. The van der Waals surface area contributed by atoms with Crippen LogP contribution in [0.15, 0.2) is 30.3 Å². The molecule has 0 bridgehead atoms. The predicted molar refractivity (Wildman–Crippen MR) is 84.2 cm³/mol. The first-order chi connectivity index (χ1) is 10.1. The van der Waals surface area contributed by atoms with E-state index in [0.29, 0.717) is 11.6 Å². The fourth-order valence-electron chi connectivity index (χ4n) is 2.71. The number of nitrogens with one attached hydrogen (secondary N) is 1. The molecule has 0 spiro atoms. The fraction of sp³-hybridized carbons (Fsp3) is 0.312. The molecule has 1 aliphatic rings. The van der Waals surface area contributed by atoms with Crippen LogP contribution >= 0.6 is 0 Å². The van der Waals surface area contributed by atoms with Gasteiger partial charge in [0.25, 0.3) is 0 Å². The van der Waals surface area contributed by atoms with E-state index >= 15 is 0 Å². The first-order valence-corrected chi connectivity index (χ1v) is 7.20. The van der Waals surface area contributed by atoms with Crippen LogP contribution in [0.5, 0.6) is 0 Å². The van der Waals surface area contributed by atoms with Gasteiger partial charge in [-0.3, -0.25) is 5.41 Å². The highest BCUT2D eigenvalue weighted by atomic mass is 15.3. The highest BCUT2D eigenvalue weighted by Crippen LogP contribution is 2.30. The molecule has 0 amide bonds. The second kappa shape index (κ2) is 5.52. The lowest BCUT2D eigenvalue weighted by Crippen LogP contribution is -2.23. The number of anilines is 2. The van der Waals surface area contributed by atoms with Gasteiger partial charge in [0.15, 0.2) is 0 Å². The standard InChI is InChI=1S/C16H19N5/c1-11-10-13(15(17)18)20-16(19-11)21-9-5-4-7-12-6-2-3-8-14(12)21/h2-3,6,8,10H,4-5,7,9H2,1H3,(H3,17,18). The molecule has 108 valence electrons. The van der Waals surface area contributed by atoms with E-state index in [0.717, 1.165) is 30.8 Å². The Morgan fingerprint density at radius 2 is 2.05 bits per heavy atom. The van der Waals surface area contributed by atoms with Gasteiger partial charge in [-0.15, -0.1) is 0 Å². The van der Waals surface area contributed by atoms with Crippen molar-refractivity contribution in [2.75, 3.05) is 11.4 Å². The number of aromatic nitrogens is 2. The quantitative estimate of drug-likeness (QED) is 0.655. The molecule has 1 aliphatic heterocycles. The van der Waals surface area contributed by atoms with Gasteiger partial charge in [-0.1, -0.05) is 18.2 Å². The zero-order valence-electron chi connectivity index (χ0n) is 12.1. The zero-order valence-corrected chi connectivity index (χ0v) is 12.1. The molecule has 0 saturated heterocycles. The number of aryl methyl sites for hydroxylation is 2. The molecular weight excluding hydrogens is 262 g/mol. The van der Waals surface area contributed by atoms with Crippen molar-refractivity contribution < 1.29 is 0 Å². The van der Waals surface area contributed by atoms with Crippen molar-refractivity contribution in [3.05, 3.63) is 47.3 Å². The number of fused-ring (bicyclic) bond motifs is 1. The van der Waals surface area contributed by atoms with Crippen molar-refractivity contribution >= 4 is 17.5 Å². The Balaban J connectivity index is 2.09. The second-order valence-electron chi connectivity index (χ2n) is 5.35. The van der Waals surface area contributed by atoms with Gasteiger partial charge in [-0.05, 0) is 43.9 Å². The highest BCUT2D eigenvalue weighted by Gasteiger charge is 2.19. The number of nitrogens with two attached hydrogens (primary N) is 1. The van der Waals surface area contributed by atoms with Crippen LogP contribution in [0.4, 0.5) is 11.6 Å². The molecule has 2 aromatic rings. The molecule has 0 aliphatic carbocycles. The molecule has 3 N–H and O–H groups in total. The van der Waals surface area contributed by atoms with E-state index in [4.69, 9.17) is 11.1 Å². The van der Waals surface area contributed by atoms with E-state index in [1.54, 1.807) is 6.07 Å². The number of nitrogens with zero attached hydrogens (tertiary/aromatic N) is 3. The summed E-state index contributed by atoms with van der Waals surface area (Å²) in [6.45, 7) is 2.79. The first-order valence-electron chi connectivity index (χ1n) is 7.20. The maximum Gasteiger partial charge on any atom is 0.230 e. The summed E-state index contributed by atoms with van der Waals surface area (Å²) in [6.07, 6.45) is 3.35. The van der Waals surface area contributed by atoms with E-state index in [2.05, 4.69) is 33.1 Å². The lowest BCUT2D eigenvalue weighted by molar-refractivity contribution is 0.752. The number of para-hydroxylation sites is 1. The molecule has 0 atom stereocenters. The maximum atomic E-state index is 7.60. The molecule has 0 saturated carbocycles. The van der Waals surface area contributed by atoms with E-state index < -0.39 is 0 Å². The van der Waals surface area contributed by atoms with Gasteiger partial charge >= 0.3 is 0 Å². The number of hydrogen-bond acceptors (Lipinski definition) is 4. The van der Waals surface area contributed by atoms with Gasteiger partial charge in [-0.2, -0.15) is 0 Å². The van der Waals surface area contributed by atoms with E-state index in [9.17, 15) is 0 Å². The number of nitrogen functional groups attached to an aromatic ring is 1. The van der Waals surface area contributed by atoms with Crippen LogP contribution in [0.25, 0.3) is 0 Å². The summed E-state index contributed by atoms with van der Waals surface area (Å²) in [5.41, 5.74) is 9.38. The third kappa shape index (κ3) is 2.72. The van der Waals surface area contributed by atoms with Crippen LogP contribution in [0, 0.1) is 12.3 Å². The first kappa shape index (κ1) is 13.5. The Morgan fingerprint density at radius 1 is 1.24 bits per heavy atom. The van der Waals surface area contributed by atoms with Gasteiger partial charge in [0.1, 0.15) is 11.5 Å². The smallest absolute Gasteiger partial charge is 0.230 e. The number of rotatable bonds is 2. The summed E-state index contributed by atoms with van der Waals surface area (Å²) < 4.78 is 0. The summed E-state index contributed by atoms with van der Waals surface area (Å²) >= 11 is 0. The fourth-order valence-corrected chi connectivity index (χ4v) is 2.71. The van der Waals surface area contributed by atoms with Crippen molar-refractivity contribution in [2.24, 2.45) is 5.73 Å². The molecule has 21 heavy (non-hydrogen) atoms. The van der Waals surface area contributed by atoms with Gasteiger partial charge in [-0.25, -0.2) is 9.97 Å². The molecule has 0 radical (unpaired) electrons. The molecule has 2 heterocycles. The molecule has 0 fully saturated rings. The van der Waals surface area contributed by atoms with E-state index in [1.807, 2.05) is 13.0 Å². The minimum atomic E-state index is -0.0233. The van der Waals surface area contributed by atoms with Gasteiger partial charge < -0.3 is 10.6 Å². The Bertz CT molecular complexity index is 680. The maximum absolute atomic E-state index is 7.60. The zero-order chi connectivity index (χ0) is 14.8. The predicted octanol–water partition coefficient (Wildman–Crippen LogP) is 2.54. The Labute approximate surface area is 124 Å². The van der Waals surface area contributed by atoms with Crippen LogP contribution in [-0.2, 0) is 6.42 Å². The summed E-state index contributed by atoms with van der Waals surface area (Å²) in [4.78, 5) is 11.1. The largest absolute Gasteiger partial charge is 0.382 e. The SMILES string of the molecule is Cc1cc(C(=N)N)nc(N2CCCCc3ccccc32)n1. The Kier molecular flexibility index (Phi) is 3.56. The third-order valence-corrected chi connectivity index (χ3v) is 3.72. The van der Waals surface area contributed by atoms with E-state index in [1.165, 1.54) is 12.0 Å². The molecular formula is C16H19N5. The second-order valence-corrected chi connectivity index (χ2v) is 5.35. The summed E-state index contributed by atoms with van der Waals surface area (Å²) in [7, 11) is 0. The molecule has 3 rings (SSSR count).